The second-order valence-electron chi connectivity index (χ2n) is 7.74. The van der Waals surface area contributed by atoms with Crippen molar-refractivity contribution < 1.29 is 14.3 Å². The molecule has 4 rings (SSSR count). The summed E-state index contributed by atoms with van der Waals surface area (Å²) in [6.45, 7) is 5.35. The molecule has 5 heteroatoms. The molecule has 142 valence electrons. The largest absolute Gasteiger partial charge is 0.490 e. The van der Waals surface area contributed by atoms with Gasteiger partial charge in [-0.1, -0.05) is 6.42 Å². The molecule has 2 saturated heterocycles. The molecule has 0 aromatic heterocycles. The van der Waals surface area contributed by atoms with Gasteiger partial charge in [-0.25, -0.2) is 0 Å². The van der Waals surface area contributed by atoms with Gasteiger partial charge in [0, 0.05) is 44.1 Å². The Bertz CT molecular complexity index is 584. The van der Waals surface area contributed by atoms with Crippen LogP contribution in [0.3, 0.4) is 0 Å². The monoisotopic (exact) mass is 358 g/mol. The van der Waals surface area contributed by atoms with E-state index in [1.165, 1.54) is 32.4 Å². The van der Waals surface area contributed by atoms with Gasteiger partial charge in [0.1, 0.15) is 11.9 Å². The molecular weight excluding hydrogens is 328 g/mol. The number of likely N-dealkylation sites (tertiary alicyclic amines) is 1. The molecule has 1 amide bonds. The average molecular weight is 358 g/mol. The van der Waals surface area contributed by atoms with E-state index in [-0.39, 0.29) is 5.91 Å². The van der Waals surface area contributed by atoms with Gasteiger partial charge >= 0.3 is 0 Å². The fourth-order valence-electron chi connectivity index (χ4n) is 4.22. The molecule has 1 aromatic carbocycles. The van der Waals surface area contributed by atoms with Gasteiger partial charge in [-0.05, 0) is 56.6 Å². The molecule has 2 heterocycles. The smallest absolute Gasteiger partial charge is 0.253 e. The van der Waals surface area contributed by atoms with E-state index < -0.39 is 0 Å². The van der Waals surface area contributed by atoms with Crippen molar-refractivity contribution in [3.8, 4) is 5.75 Å². The number of hydrogen-bond acceptors (Lipinski definition) is 4. The quantitative estimate of drug-likeness (QED) is 0.830. The van der Waals surface area contributed by atoms with Crippen LogP contribution in [0, 0.1) is 0 Å². The predicted octanol–water partition coefficient (Wildman–Crippen LogP) is 2.94. The Labute approximate surface area is 156 Å². The van der Waals surface area contributed by atoms with Gasteiger partial charge in [0.25, 0.3) is 5.91 Å². The molecule has 0 atom stereocenters. The second kappa shape index (κ2) is 8.40. The van der Waals surface area contributed by atoms with E-state index in [9.17, 15) is 4.79 Å². The molecule has 1 aromatic rings. The lowest BCUT2D eigenvalue weighted by atomic mass is 9.86. The predicted molar refractivity (Wildman–Crippen MR) is 101 cm³/mol. The third-order valence-corrected chi connectivity index (χ3v) is 5.89. The number of carbonyl (C=O) groups excluding carboxylic acids is 1. The summed E-state index contributed by atoms with van der Waals surface area (Å²) in [6, 6.07) is 8.38. The minimum absolute atomic E-state index is 0.0934. The fraction of sp³-hybridized carbons (Fsp3) is 0.667. The van der Waals surface area contributed by atoms with Gasteiger partial charge in [-0.15, -0.1) is 0 Å². The number of hydrogen-bond donors (Lipinski definition) is 0. The number of piperidine rings is 1. The van der Waals surface area contributed by atoms with Gasteiger partial charge in [0.2, 0.25) is 0 Å². The Balaban J connectivity index is 1.26. The van der Waals surface area contributed by atoms with Gasteiger partial charge in [-0.2, -0.15) is 0 Å². The highest BCUT2D eigenvalue weighted by Crippen LogP contribution is 2.31. The van der Waals surface area contributed by atoms with Gasteiger partial charge in [-0.3, -0.25) is 4.79 Å². The summed E-state index contributed by atoms with van der Waals surface area (Å²) >= 11 is 0. The van der Waals surface area contributed by atoms with Crippen LogP contribution in [0.2, 0.25) is 0 Å². The van der Waals surface area contributed by atoms with Crippen LogP contribution in [0.1, 0.15) is 48.9 Å². The fourth-order valence-corrected chi connectivity index (χ4v) is 4.22. The normalized spacial score (nSPS) is 27.5. The summed E-state index contributed by atoms with van der Waals surface area (Å²) in [7, 11) is 0. The van der Waals surface area contributed by atoms with Crippen LogP contribution in [0.5, 0.6) is 5.75 Å². The Kier molecular flexibility index (Phi) is 5.75. The third kappa shape index (κ3) is 4.21. The average Bonchev–Trinajstić information content (AvgIpc) is 2.94. The highest BCUT2D eigenvalue weighted by atomic mass is 16.5. The first-order chi connectivity index (χ1) is 12.8. The zero-order valence-electron chi connectivity index (χ0n) is 15.6. The minimum Gasteiger partial charge on any atom is -0.490 e. The lowest BCUT2D eigenvalue weighted by molar-refractivity contribution is 0.00892. The molecule has 3 fully saturated rings. The van der Waals surface area contributed by atoms with Gasteiger partial charge < -0.3 is 19.3 Å². The summed E-state index contributed by atoms with van der Waals surface area (Å²) in [6.07, 6.45) is 7.58. The molecule has 0 spiro atoms. The Morgan fingerprint density at radius 1 is 0.923 bits per heavy atom. The van der Waals surface area contributed by atoms with Crippen LogP contribution < -0.4 is 4.74 Å². The van der Waals surface area contributed by atoms with Crippen LogP contribution in [-0.2, 0) is 4.74 Å². The molecule has 26 heavy (non-hydrogen) atoms. The van der Waals surface area contributed by atoms with Crippen molar-refractivity contribution in [3.05, 3.63) is 29.8 Å². The minimum atomic E-state index is 0.0934. The molecule has 0 radical (unpaired) electrons. The lowest BCUT2D eigenvalue weighted by Crippen LogP contribution is -2.50. The van der Waals surface area contributed by atoms with Crippen LogP contribution >= 0.6 is 0 Å². The Morgan fingerprint density at radius 2 is 1.69 bits per heavy atom. The SMILES string of the molecule is O=C(c1ccc(O[C@H]2C[C@H](N3CCCCC3)C2)cc1)N1CCCOCC1. The Hall–Kier alpha value is -1.59. The highest BCUT2D eigenvalue weighted by molar-refractivity contribution is 5.94. The lowest BCUT2D eigenvalue weighted by Gasteiger charge is -2.44. The second-order valence-corrected chi connectivity index (χ2v) is 7.74. The molecule has 3 aliphatic rings. The van der Waals surface area contributed by atoms with Crippen LogP contribution in [0.15, 0.2) is 24.3 Å². The van der Waals surface area contributed by atoms with Crippen molar-refractivity contribution in [2.75, 3.05) is 39.4 Å². The van der Waals surface area contributed by atoms with Crippen molar-refractivity contribution in [3.63, 3.8) is 0 Å². The number of ether oxygens (including phenoxy) is 2. The number of nitrogens with zero attached hydrogens (tertiary/aromatic N) is 2. The molecule has 1 saturated carbocycles. The van der Waals surface area contributed by atoms with Crippen LogP contribution in [0.4, 0.5) is 0 Å². The molecule has 0 N–H and O–H groups in total. The maximum Gasteiger partial charge on any atom is 0.253 e. The van der Waals surface area contributed by atoms with E-state index in [0.29, 0.717) is 25.3 Å². The van der Waals surface area contributed by atoms with E-state index in [4.69, 9.17) is 9.47 Å². The van der Waals surface area contributed by atoms with E-state index in [0.717, 1.165) is 43.7 Å². The van der Waals surface area contributed by atoms with Gasteiger partial charge in [0.15, 0.2) is 0 Å². The van der Waals surface area contributed by atoms with Crippen molar-refractivity contribution in [1.82, 2.24) is 9.80 Å². The van der Waals surface area contributed by atoms with E-state index in [2.05, 4.69) is 4.90 Å². The standard InChI is InChI=1S/C21H30N2O3/c24-21(23-11-4-13-25-14-12-23)17-5-7-19(8-6-17)26-20-15-18(16-20)22-9-2-1-3-10-22/h5-8,18,20H,1-4,9-16H2/t18-,20-. The summed E-state index contributed by atoms with van der Waals surface area (Å²) in [4.78, 5) is 17.1. The first-order valence-corrected chi connectivity index (χ1v) is 10.2. The highest BCUT2D eigenvalue weighted by Gasteiger charge is 2.35. The first-order valence-electron chi connectivity index (χ1n) is 10.2. The molecule has 0 unspecified atom stereocenters. The Morgan fingerprint density at radius 3 is 2.46 bits per heavy atom. The summed E-state index contributed by atoms with van der Waals surface area (Å²) in [5.41, 5.74) is 0.735. The number of benzene rings is 1. The zero-order valence-corrected chi connectivity index (χ0v) is 15.6. The number of rotatable bonds is 4. The zero-order chi connectivity index (χ0) is 17.8. The van der Waals surface area contributed by atoms with Crippen molar-refractivity contribution >= 4 is 5.91 Å². The molecular formula is C21H30N2O3. The van der Waals surface area contributed by atoms with Gasteiger partial charge in [0.05, 0.1) is 6.61 Å². The molecule has 5 nitrogen and oxygen atoms in total. The number of carbonyl (C=O) groups is 1. The molecule has 0 bridgehead atoms. The maximum absolute atomic E-state index is 12.6. The van der Waals surface area contributed by atoms with E-state index >= 15 is 0 Å². The van der Waals surface area contributed by atoms with Crippen molar-refractivity contribution in [2.24, 2.45) is 0 Å². The molecule has 1 aliphatic carbocycles. The third-order valence-electron chi connectivity index (χ3n) is 5.89. The summed E-state index contributed by atoms with van der Waals surface area (Å²) in [5.74, 6) is 0.971. The van der Waals surface area contributed by atoms with Crippen LogP contribution in [-0.4, -0.2) is 67.2 Å². The van der Waals surface area contributed by atoms with Crippen molar-refractivity contribution in [2.45, 2.75) is 50.7 Å². The number of amides is 1. The molecule has 2 aliphatic heterocycles. The summed E-state index contributed by atoms with van der Waals surface area (Å²) < 4.78 is 11.5. The van der Waals surface area contributed by atoms with E-state index in [1.54, 1.807) is 0 Å². The van der Waals surface area contributed by atoms with E-state index in [1.807, 2.05) is 29.2 Å². The maximum atomic E-state index is 12.6. The topological polar surface area (TPSA) is 42.0 Å². The van der Waals surface area contributed by atoms with Crippen LogP contribution in [0.25, 0.3) is 0 Å². The van der Waals surface area contributed by atoms with Crippen molar-refractivity contribution in [1.29, 1.82) is 0 Å². The summed E-state index contributed by atoms with van der Waals surface area (Å²) in [5, 5.41) is 0. The first kappa shape index (κ1) is 17.8.